The Bertz CT molecular complexity index is 899. The van der Waals surface area contributed by atoms with Gasteiger partial charge in [-0.05, 0) is 35.9 Å². The maximum absolute atomic E-state index is 12.5. The number of pyridine rings is 1. The van der Waals surface area contributed by atoms with E-state index in [1.165, 1.54) is 0 Å². The van der Waals surface area contributed by atoms with E-state index < -0.39 is 0 Å². The Morgan fingerprint density at radius 1 is 1.00 bits per heavy atom. The van der Waals surface area contributed by atoms with Gasteiger partial charge in [0.2, 0.25) is 0 Å². The van der Waals surface area contributed by atoms with Crippen LogP contribution >= 0.6 is 23.2 Å². The van der Waals surface area contributed by atoms with Gasteiger partial charge in [0.05, 0.1) is 21.9 Å². The number of carbonyl (C=O) groups is 1. The van der Waals surface area contributed by atoms with Crippen molar-refractivity contribution in [2.45, 2.75) is 6.54 Å². The van der Waals surface area contributed by atoms with Gasteiger partial charge in [0.25, 0.3) is 5.91 Å². The summed E-state index contributed by atoms with van der Waals surface area (Å²) in [5.74, 6) is -0.130. The van der Waals surface area contributed by atoms with Gasteiger partial charge in [-0.2, -0.15) is 0 Å². The number of hydrogen-bond acceptors (Lipinski definition) is 3. The minimum atomic E-state index is -0.130. The minimum absolute atomic E-state index is 0.130. The van der Waals surface area contributed by atoms with Gasteiger partial charge in [-0.1, -0.05) is 53.5 Å². The highest BCUT2D eigenvalue weighted by molar-refractivity contribution is 6.42. The molecule has 6 heteroatoms. The van der Waals surface area contributed by atoms with Crippen LogP contribution in [0.25, 0.3) is 0 Å². The van der Waals surface area contributed by atoms with Crippen molar-refractivity contribution in [3.8, 4) is 0 Å². The van der Waals surface area contributed by atoms with E-state index in [-0.39, 0.29) is 5.91 Å². The molecular formula is C20H17Cl2N3O. The standard InChI is InChI=1S/C20H17Cl2N3O/c1-25(13-14-5-3-2-4-6-14)20(26)19-10-8-16(12-23-19)24-15-7-9-17(21)18(22)11-15/h2-12,24H,13H2,1H3. The molecule has 1 N–H and O–H groups in total. The van der Waals surface area contributed by atoms with Crippen molar-refractivity contribution in [1.29, 1.82) is 0 Å². The van der Waals surface area contributed by atoms with E-state index in [1.54, 1.807) is 42.4 Å². The molecule has 2 aromatic carbocycles. The summed E-state index contributed by atoms with van der Waals surface area (Å²) in [6.07, 6.45) is 1.62. The molecule has 0 spiro atoms. The zero-order chi connectivity index (χ0) is 18.5. The average molecular weight is 386 g/mol. The first-order valence-electron chi connectivity index (χ1n) is 8.00. The fourth-order valence-electron chi connectivity index (χ4n) is 2.46. The number of hydrogen-bond donors (Lipinski definition) is 1. The largest absolute Gasteiger partial charge is 0.354 e. The molecule has 132 valence electrons. The smallest absolute Gasteiger partial charge is 0.272 e. The van der Waals surface area contributed by atoms with Gasteiger partial charge in [-0.3, -0.25) is 4.79 Å². The van der Waals surface area contributed by atoms with Crippen LogP contribution in [0.15, 0.2) is 66.9 Å². The molecule has 0 saturated heterocycles. The van der Waals surface area contributed by atoms with Crippen molar-refractivity contribution >= 4 is 40.5 Å². The molecule has 0 fully saturated rings. The van der Waals surface area contributed by atoms with Gasteiger partial charge in [-0.25, -0.2) is 4.98 Å². The molecular weight excluding hydrogens is 369 g/mol. The molecule has 4 nitrogen and oxygen atoms in total. The normalized spacial score (nSPS) is 10.4. The molecule has 0 aliphatic rings. The van der Waals surface area contributed by atoms with Crippen LogP contribution in [0.4, 0.5) is 11.4 Å². The first-order valence-corrected chi connectivity index (χ1v) is 8.76. The number of halogens is 2. The molecule has 0 saturated carbocycles. The van der Waals surface area contributed by atoms with Crippen molar-refractivity contribution < 1.29 is 4.79 Å². The Hall–Kier alpha value is -2.56. The van der Waals surface area contributed by atoms with E-state index in [0.717, 1.165) is 16.9 Å². The number of nitrogens with one attached hydrogen (secondary N) is 1. The van der Waals surface area contributed by atoms with Crippen molar-refractivity contribution in [2.24, 2.45) is 0 Å². The highest BCUT2D eigenvalue weighted by Gasteiger charge is 2.13. The topological polar surface area (TPSA) is 45.2 Å². The zero-order valence-electron chi connectivity index (χ0n) is 14.1. The molecule has 26 heavy (non-hydrogen) atoms. The van der Waals surface area contributed by atoms with E-state index in [2.05, 4.69) is 10.3 Å². The van der Waals surface area contributed by atoms with Gasteiger partial charge >= 0.3 is 0 Å². The Balaban J connectivity index is 1.66. The van der Waals surface area contributed by atoms with Crippen LogP contribution in [-0.2, 0) is 6.54 Å². The first-order chi connectivity index (χ1) is 12.5. The van der Waals surface area contributed by atoms with Crippen molar-refractivity contribution in [3.05, 3.63) is 88.2 Å². The third-order valence-corrected chi connectivity index (χ3v) is 4.54. The second kappa shape index (κ2) is 8.21. The summed E-state index contributed by atoms with van der Waals surface area (Å²) in [5, 5.41) is 4.15. The summed E-state index contributed by atoms with van der Waals surface area (Å²) in [7, 11) is 1.76. The lowest BCUT2D eigenvalue weighted by molar-refractivity contribution is 0.0779. The average Bonchev–Trinajstić information content (AvgIpc) is 2.65. The minimum Gasteiger partial charge on any atom is -0.354 e. The van der Waals surface area contributed by atoms with Crippen molar-refractivity contribution in [1.82, 2.24) is 9.88 Å². The lowest BCUT2D eigenvalue weighted by Gasteiger charge is -2.17. The van der Waals surface area contributed by atoms with Gasteiger partial charge in [-0.15, -0.1) is 0 Å². The molecule has 0 atom stereocenters. The highest BCUT2D eigenvalue weighted by Crippen LogP contribution is 2.26. The van der Waals surface area contributed by atoms with E-state index in [1.807, 2.05) is 36.4 Å². The van der Waals surface area contributed by atoms with Crippen LogP contribution in [0.3, 0.4) is 0 Å². The number of benzene rings is 2. The van der Waals surface area contributed by atoms with Crippen LogP contribution in [-0.4, -0.2) is 22.8 Å². The number of aromatic nitrogens is 1. The molecule has 0 unspecified atom stereocenters. The predicted molar refractivity (Wildman–Crippen MR) is 106 cm³/mol. The molecule has 0 aliphatic heterocycles. The van der Waals surface area contributed by atoms with E-state index in [9.17, 15) is 4.79 Å². The molecule has 1 heterocycles. The molecule has 1 aromatic heterocycles. The van der Waals surface area contributed by atoms with Crippen LogP contribution in [0, 0.1) is 0 Å². The second-order valence-corrected chi connectivity index (χ2v) is 6.65. The lowest BCUT2D eigenvalue weighted by Crippen LogP contribution is -2.26. The van der Waals surface area contributed by atoms with Crippen LogP contribution in [0.2, 0.25) is 10.0 Å². The lowest BCUT2D eigenvalue weighted by atomic mass is 10.2. The quantitative estimate of drug-likeness (QED) is 0.638. The zero-order valence-corrected chi connectivity index (χ0v) is 15.6. The fourth-order valence-corrected chi connectivity index (χ4v) is 2.76. The van der Waals surface area contributed by atoms with Crippen LogP contribution in [0.1, 0.15) is 16.1 Å². The van der Waals surface area contributed by atoms with Crippen LogP contribution in [0.5, 0.6) is 0 Å². The summed E-state index contributed by atoms with van der Waals surface area (Å²) in [5.41, 5.74) is 3.01. The van der Waals surface area contributed by atoms with Crippen LogP contribution < -0.4 is 5.32 Å². The SMILES string of the molecule is CN(Cc1ccccc1)C(=O)c1ccc(Nc2ccc(Cl)c(Cl)c2)cn1. The summed E-state index contributed by atoms with van der Waals surface area (Å²) < 4.78 is 0. The van der Waals surface area contributed by atoms with Crippen molar-refractivity contribution in [3.63, 3.8) is 0 Å². The molecule has 0 bridgehead atoms. The van der Waals surface area contributed by atoms with E-state index in [4.69, 9.17) is 23.2 Å². The highest BCUT2D eigenvalue weighted by atomic mass is 35.5. The third kappa shape index (κ3) is 4.54. The molecule has 3 rings (SSSR count). The fraction of sp³-hybridized carbons (Fsp3) is 0.100. The Labute approximate surface area is 162 Å². The Morgan fingerprint density at radius 2 is 1.73 bits per heavy atom. The Kier molecular flexibility index (Phi) is 5.76. The monoisotopic (exact) mass is 385 g/mol. The maximum Gasteiger partial charge on any atom is 0.272 e. The predicted octanol–water partition coefficient (Wildman–Crippen LogP) is 5.40. The van der Waals surface area contributed by atoms with Gasteiger partial charge in [0, 0.05) is 19.3 Å². The summed E-state index contributed by atoms with van der Waals surface area (Å²) in [6.45, 7) is 0.532. The molecule has 0 aliphatic carbocycles. The molecule has 0 radical (unpaired) electrons. The van der Waals surface area contributed by atoms with E-state index in [0.29, 0.717) is 22.3 Å². The number of anilines is 2. The van der Waals surface area contributed by atoms with Gasteiger partial charge in [0.1, 0.15) is 5.69 Å². The number of amides is 1. The number of rotatable bonds is 5. The Morgan fingerprint density at radius 3 is 2.38 bits per heavy atom. The summed E-state index contributed by atoms with van der Waals surface area (Å²) >= 11 is 11.9. The third-order valence-electron chi connectivity index (χ3n) is 3.80. The summed E-state index contributed by atoms with van der Waals surface area (Å²) in [6, 6.07) is 18.6. The van der Waals surface area contributed by atoms with E-state index >= 15 is 0 Å². The molecule has 3 aromatic rings. The van der Waals surface area contributed by atoms with Crippen molar-refractivity contribution in [2.75, 3.05) is 12.4 Å². The van der Waals surface area contributed by atoms with Gasteiger partial charge in [0.15, 0.2) is 0 Å². The second-order valence-electron chi connectivity index (χ2n) is 5.83. The maximum atomic E-state index is 12.5. The van der Waals surface area contributed by atoms with Gasteiger partial charge < -0.3 is 10.2 Å². The first kappa shape index (κ1) is 18.2. The molecule has 1 amide bonds. The number of nitrogens with zero attached hydrogens (tertiary/aromatic N) is 2. The number of carbonyl (C=O) groups excluding carboxylic acids is 1. The summed E-state index contributed by atoms with van der Waals surface area (Å²) in [4.78, 5) is 18.4.